The molecule has 0 saturated carbocycles. The smallest absolute Gasteiger partial charge is 0.383 e. The second-order valence-electron chi connectivity index (χ2n) is 3.68. The lowest BCUT2D eigenvalue weighted by Crippen LogP contribution is -2.28. The van der Waals surface area contributed by atoms with Gasteiger partial charge in [0.1, 0.15) is 16.9 Å². The summed E-state index contributed by atoms with van der Waals surface area (Å²) in [6.07, 6.45) is -4.85. The first kappa shape index (κ1) is 16.9. The maximum Gasteiger partial charge on any atom is 0.434 e. The van der Waals surface area contributed by atoms with Gasteiger partial charge in [0.05, 0.1) is 13.2 Å². The lowest BCUT2D eigenvalue weighted by atomic mass is 10.3. The van der Waals surface area contributed by atoms with E-state index in [1.54, 1.807) is 0 Å². The summed E-state index contributed by atoms with van der Waals surface area (Å²) in [5.74, 6) is -0.742. The van der Waals surface area contributed by atoms with Crippen LogP contribution in [0.15, 0.2) is 0 Å². The molecule has 10 heteroatoms. The van der Waals surface area contributed by atoms with Crippen LogP contribution in [0.4, 0.5) is 19.0 Å². The first-order chi connectivity index (χ1) is 9.15. The molecule has 0 atom stereocenters. The van der Waals surface area contributed by atoms with Gasteiger partial charge in [-0.05, 0) is 20.8 Å². The normalized spacial score (nSPS) is 12.7. The predicted molar refractivity (Wildman–Crippen MR) is 66.7 cm³/mol. The van der Waals surface area contributed by atoms with Gasteiger partial charge in [0.25, 0.3) is 0 Å². The van der Waals surface area contributed by atoms with Crippen molar-refractivity contribution in [1.82, 2.24) is 9.97 Å². The number of anilines is 1. The topological polar surface area (TPSA) is 87.3 Å². The van der Waals surface area contributed by atoms with Gasteiger partial charge in [-0.2, -0.15) is 13.2 Å². The Labute approximate surface area is 114 Å². The molecule has 0 bridgehead atoms. The highest BCUT2D eigenvalue weighted by molar-refractivity contribution is 7.62. The SMILES string of the molecule is CCOP(=O)(OCC)c1c(N)nc(C)nc1C(F)(F)F. The monoisotopic (exact) mass is 313 g/mol. The highest BCUT2D eigenvalue weighted by Gasteiger charge is 2.45. The lowest BCUT2D eigenvalue weighted by molar-refractivity contribution is -0.140. The minimum Gasteiger partial charge on any atom is -0.383 e. The zero-order valence-corrected chi connectivity index (χ0v) is 12.1. The highest BCUT2D eigenvalue weighted by atomic mass is 31.2. The van der Waals surface area contributed by atoms with Crippen LogP contribution >= 0.6 is 7.60 Å². The fraction of sp³-hybridized carbons (Fsp3) is 0.600. The first-order valence-corrected chi connectivity index (χ1v) is 7.31. The van der Waals surface area contributed by atoms with Crippen molar-refractivity contribution in [3.8, 4) is 0 Å². The average Bonchev–Trinajstić information content (AvgIpc) is 2.26. The minimum absolute atomic E-state index is 0.109. The van der Waals surface area contributed by atoms with E-state index in [1.165, 1.54) is 20.8 Å². The fourth-order valence-electron chi connectivity index (χ4n) is 1.56. The standard InChI is InChI=1S/C10H15F3N3O3P/c1-4-18-20(17,19-5-2)7-8(10(11,12)13)15-6(3)16-9(7)14/h4-5H2,1-3H3,(H2,14,15,16). The van der Waals surface area contributed by atoms with Gasteiger partial charge in [0.2, 0.25) is 0 Å². The van der Waals surface area contributed by atoms with Gasteiger partial charge in [-0.1, -0.05) is 0 Å². The van der Waals surface area contributed by atoms with E-state index >= 15 is 0 Å². The number of nitrogens with two attached hydrogens (primary N) is 1. The van der Waals surface area contributed by atoms with E-state index in [1.807, 2.05) is 0 Å². The number of alkyl halides is 3. The van der Waals surface area contributed by atoms with E-state index in [0.717, 1.165) is 0 Å². The molecule has 114 valence electrons. The third-order valence-electron chi connectivity index (χ3n) is 2.16. The Morgan fingerprint density at radius 3 is 2.10 bits per heavy atom. The van der Waals surface area contributed by atoms with Crippen molar-refractivity contribution in [2.75, 3.05) is 18.9 Å². The summed E-state index contributed by atoms with van der Waals surface area (Å²) in [6.45, 7) is 3.99. The molecule has 20 heavy (non-hydrogen) atoms. The summed E-state index contributed by atoms with van der Waals surface area (Å²) < 4.78 is 61.4. The van der Waals surface area contributed by atoms with E-state index in [9.17, 15) is 17.7 Å². The van der Waals surface area contributed by atoms with Gasteiger partial charge in [-0.15, -0.1) is 0 Å². The van der Waals surface area contributed by atoms with E-state index in [2.05, 4.69) is 9.97 Å². The number of aryl methyl sites for hydroxylation is 1. The fourth-order valence-corrected chi connectivity index (χ4v) is 3.34. The lowest BCUT2D eigenvalue weighted by Gasteiger charge is -2.21. The molecule has 0 saturated heterocycles. The number of nitrogens with zero attached hydrogens (tertiary/aromatic N) is 2. The Balaban J connectivity index is 3.60. The molecule has 1 aromatic rings. The average molecular weight is 313 g/mol. The highest BCUT2D eigenvalue weighted by Crippen LogP contribution is 2.50. The Kier molecular flexibility index (Phi) is 5.12. The molecule has 0 aliphatic rings. The van der Waals surface area contributed by atoms with Crippen molar-refractivity contribution in [3.05, 3.63) is 11.5 Å². The quantitative estimate of drug-likeness (QED) is 0.839. The molecule has 0 amide bonds. The molecule has 0 aromatic carbocycles. The molecule has 2 N–H and O–H groups in total. The zero-order valence-electron chi connectivity index (χ0n) is 11.2. The van der Waals surface area contributed by atoms with Crippen molar-refractivity contribution in [3.63, 3.8) is 0 Å². The molecule has 0 spiro atoms. The molecule has 0 aliphatic heterocycles. The van der Waals surface area contributed by atoms with Crippen LogP contribution in [-0.4, -0.2) is 23.2 Å². The second kappa shape index (κ2) is 6.07. The van der Waals surface area contributed by atoms with Gasteiger partial charge >= 0.3 is 13.8 Å². The van der Waals surface area contributed by atoms with Crippen molar-refractivity contribution in [2.24, 2.45) is 0 Å². The van der Waals surface area contributed by atoms with Crippen LogP contribution in [0, 0.1) is 6.92 Å². The molecule has 0 radical (unpaired) electrons. The van der Waals surface area contributed by atoms with Gasteiger partial charge in [-0.25, -0.2) is 9.97 Å². The molecule has 6 nitrogen and oxygen atoms in total. The van der Waals surface area contributed by atoms with Crippen LogP contribution in [0.3, 0.4) is 0 Å². The maximum atomic E-state index is 13.0. The van der Waals surface area contributed by atoms with E-state index in [0.29, 0.717) is 0 Å². The van der Waals surface area contributed by atoms with Crippen molar-refractivity contribution < 1.29 is 26.8 Å². The number of halogens is 3. The van der Waals surface area contributed by atoms with E-state index in [-0.39, 0.29) is 19.0 Å². The van der Waals surface area contributed by atoms with Crippen molar-refractivity contribution in [1.29, 1.82) is 0 Å². The molecule has 0 unspecified atom stereocenters. The first-order valence-electron chi connectivity index (χ1n) is 5.76. The Morgan fingerprint density at radius 1 is 1.20 bits per heavy atom. The number of aromatic nitrogens is 2. The predicted octanol–water partition coefficient (Wildman–Crippen LogP) is 2.28. The molecular weight excluding hydrogens is 298 g/mol. The van der Waals surface area contributed by atoms with Crippen molar-refractivity contribution >= 4 is 18.7 Å². The Bertz CT molecular complexity index is 526. The molecule has 0 aliphatic carbocycles. The second-order valence-corrected chi connectivity index (χ2v) is 5.64. The van der Waals surface area contributed by atoms with E-state index in [4.69, 9.17) is 14.8 Å². The molecule has 1 heterocycles. The van der Waals surface area contributed by atoms with Gasteiger partial charge in [-0.3, -0.25) is 4.57 Å². The minimum atomic E-state index is -4.85. The third kappa shape index (κ3) is 3.47. The largest absolute Gasteiger partial charge is 0.434 e. The molecule has 1 aromatic heterocycles. The number of hydrogen-bond donors (Lipinski definition) is 1. The van der Waals surface area contributed by atoms with Crippen LogP contribution in [0.5, 0.6) is 0 Å². The Morgan fingerprint density at radius 2 is 1.70 bits per heavy atom. The summed E-state index contributed by atoms with van der Waals surface area (Å²) in [5, 5.41) is -0.834. The van der Waals surface area contributed by atoms with Crippen LogP contribution in [0.1, 0.15) is 25.4 Å². The van der Waals surface area contributed by atoms with Crippen LogP contribution in [0.2, 0.25) is 0 Å². The number of nitrogen functional groups attached to an aromatic ring is 1. The molecule has 1 rings (SSSR count). The van der Waals surface area contributed by atoms with Crippen LogP contribution in [0.25, 0.3) is 0 Å². The van der Waals surface area contributed by atoms with Crippen LogP contribution in [-0.2, 0) is 19.8 Å². The summed E-state index contributed by atoms with van der Waals surface area (Å²) in [5.41, 5.74) is 4.09. The third-order valence-corrected chi connectivity index (χ3v) is 4.35. The summed E-state index contributed by atoms with van der Waals surface area (Å²) >= 11 is 0. The summed E-state index contributed by atoms with van der Waals surface area (Å²) in [7, 11) is -4.23. The maximum absolute atomic E-state index is 13.0. The van der Waals surface area contributed by atoms with Gasteiger partial charge in [0, 0.05) is 0 Å². The van der Waals surface area contributed by atoms with Gasteiger partial charge < -0.3 is 14.8 Å². The summed E-state index contributed by atoms with van der Waals surface area (Å²) in [6, 6.07) is 0. The van der Waals surface area contributed by atoms with Crippen molar-refractivity contribution in [2.45, 2.75) is 26.9 Å². The van der Waals surface area contributed by atoms with Crippen LogP contribution < -0.4 is 11.0 Å². The summed E-state index contributed by atoms with van der Waals surface area (Å²) in [4.78, 5) is 6.90. The zero-order chi connectivity index (χ0) is 15.6. The number of hydrogen-bond acceptors (Lipinski definition) is 6. The Hall–Kier alpha value is -1.18. The molecule has 0 fully saturated rings. The molecular formula is C10H15F3N3O3P. The van der Waals surface area contributed by atoms with Gasteiger partial charge in [0.15, 0.2) is 5.69 Å². The number of rotatable bonds is 5. The van der Waals surface area contributed by atoms with E-state index < -0.39 is 30.6 Å².